The quantitative estimate of drug-likeness (QED) is 0.560. The lowest BCUT2D eigenvalue weighted by Gasteiger charge is -2.30. The molecule has 0 saturated heterocycles. The molecule has 21 heavy (non-hydrogen) atoms. The summed E-state index contributed by atoms with van der Waals surface area (Å²) in [6.07, 6.45) is 6.05. The number of nitrogens with zero attached hydrogens (tertiary/aromatic N) is 2. The van der Waals surface area contributed by atoms with E-state index in [0.717, 1.165) is 24.3 Å². The van der Waals surface area contributed by atoms with E-state index < -0.39 is 0 Å². The van der Waals surface area contributed by atoms with Gasteiger partial charge in [-0.25, -0.2) is 0 Å². The van der Waals surface area contributed by atoms with Gasteiger partial charge in [0.05, 0.1) is 0 Å². The summed E-state index contributed by atoms with van der Waals surface area (Å²) >= 11 is 1.99. The molecular weight excluding hydrogens is 280 g/mol. The predicted octanol–water partition coefficient (Wildman–Crippen LogP) is 2.55. The first kappa shape index (κ1) is 18.6. The number of guanidine groups is 1. The third-order valence-corrected chi connectivity index (χ3v) is 5.37. The van der Waals surface area contributed by atoms with E-state index in [1.807, 2.05) is 18.8 Å². The van der Waals surface area contributed by atoms with E-state index in [9.17, 15) is 0 Å². The van der Waals surface area contributed by atoms with Crippen molar-refractivity contribution in [2.45, 2.75) is 70.3 Å². The Morgan fingerprint density at radius 1 is 1.24 bits per heavy atom. The molecule has 124 valence electrons. The van der Waals surface area contributed by atoms with Crippen LogP contribution in [0.4, 0.5) is 0 Å². The van der Waals surface area contributed by atoms with Gasteiger partial charge in [-0.15, -0.1) is 0 Å². The Bertz CT molecular complexity index is 309. The van der Waals surface area contributed by atoms with E-state index in [-0.39, 0.29) is 0 Å². The largest absolute Gasteiger partial charge is 0.355 e. The summed E-state index contributed by atoms with van der Waals surface area (Å²) in [4.78, 5) is 6.86. The molecule has 5 heteroatoms. The van der Waals surface area contributed by atoms with Crippen LogP contribution in [0.5, 0.6) is 0 Å². The van der Waals surface area contributed by atoms with Gasteiger partial charge in [0.15, 0.2) is 5.96 Å². The zero-order valence-corrected chi connectivity index (χ0v) is 15.5. The average Bonchev–Trinajstić information content (AvgIpc) is 2.88. The third-order valence-electron chi connectivity index (χ3n) is 4.27. The molecule has 0 aliphatic heterocycles. The standard InChI is InChI=1S/C16H34N4S/c1-12(2)20(13(3)4)10-9-18-16(17-5)19-14-7-8-15(11-14)21-6/h12-15H,7-11H2,1-6H3,(H2,17,18,19). The Morgan fingerprint density at radius 2 is 1.90 bits per heavy atom. The van der Waals surface area contributed by atoms with Crippen molar-refractivity contribution in [3.8, 4) is 0 Å². The molecule has 0 radical (unpaired) electrons. The lowest BCUT2D eigenvalue weighted by Crippen LogP contribution is -2.47. The van der Waals surface area contributed by atoms with Crippen molar-refractivity contribution < 1.29 is 0 Å². The van der Waals surface area contributed by atoms with Crippen LogP contribution < -0.4 is 10.6 Å². The molecule has 0 heterocycles. The Balaban J connectivity index is 2.32. The maximum absolute atomic E-state index is 4.36. The van der Waals surface area contributed by atoms with E-state index in [2.05, 4.69) is 54.5 Å². The number of thioether (sulfide) groups is 1. The molecular formula is C16H34N4S. The van der Waals surface area contributed by atoms with E-state index >= 15 is 0 Å². The zero-order valence-electron chi connectivity index (χ0n) is 14.6. The van der Waals surface area contributed by atoms with Crippen LogP contribution in [0.1, 0.15) is 47.0 Å². The monoisotopic (exact) mass is 314 g/mol. The summed E-state index contributed by atoms with van der Waals surface area (Å²) < 4.78 is 0. The van der Waals surface area contributed by atoms with Crippen LogP contribution in [-0.2, 0) is 0 Å². The predicted molar refractivity (Wildman–Crippen MR) is 96.4 cm³/mol. The second kappa shape index (κ2) is 9.57. The Morgan fingerprint density at radius 3 is 2.38 bits per heavy atom. The minimum Gasteiger partial charge on any atom is -0.355 e. The fraction of sp³-hybridized carbons (Fsp3) is 0.938. The van der Waals surface area contributed by atoms with Gasteiger partial charge >= 0.3 is 0 Å². The molecule has 1 aliphatic carbocycles. The van der Waals surface area contributed by atoms with Crippen LogP contribution in [0, 0.1) is 0 Å². The van der Waals surface area contributed by atoms with Gasteiger partial charge < -0.3 is 10.6 Å². The van der Waals surface area contributed by atoms with Gasteiger partial charge in [-0.05, 0) is 53.2 Å². The summed E-state index contributed by atoms with van der Waals surface area (Å²) in [6.45, 7) is 11.0. The van der Waals surface area contributed by atoms with E-state index in [0.29, 0.717) is 18.1 Å². The highest BCUT2D eigenvalue weighted by atomic mass is 32.2. The normalized spacial score (nSPS) is 23.4. The first-order valence-corrected chi connectivity index (χ1v) is 9.52. The maximum Gasteiger partial charge on any atom is 0.191 e. The summed E-state index contributed by atoms with van der Waals surface area (Å²) in [5.74, 6) is 0.953. The SMILES string of the molecule is CN=C(NCCN(C(C)C)C(C)C)NC1CCC(SC)C1. The van der Waals surface area contributed by atoms with Crippen molar-refractivity contribution in [2.75, 3.05) is 26.4 Å². The third kappa shape index (κ3) is 6.47. The van der Waals surface area contributed by atoms with Crippen LogP contribution in [0.3, 0.4) is 0 Å². The van der Waals surface area contributed by atoms with Crippen LogP contribution >= 0.6 is 11.8 Å². The Kier molecular flexibility index (Phi) is 8.49. The molecule has 0 bridgehead atoms. The van der Waals surface area contributed by atoms with Gasteiger partial charge in [0, 0.05) is 43.5 Å². The molecule has 2 N–H and O–H groups in total. The highest BCUT2D eigenvalue weighted by Gasteiger charge is 2.24. The number of aliphatic imine (C=N–C) groups is 1. The fourth-order valence-corrected chi connectivity index (χ4v) is 3.89. The van der Waals surface area contributed by atoms with Crippen molar-refractivity contribution in [2.24, 2.45) is 4.99 Å². The second-order valence-corrected chi connectivity index (χ2v) is 7.57. The van der Waals surface area contributed by atoms with Gasteiger partial charge in [0.1, 0.15) is 0 Å². The summed E-state index contributed by atoms with van der Waals surface area (Å²) in [7, 11) is 1.86. The topological polar surface area (TPSA) is 39.7 Å². The summed E-state index contributed by atoms with van der Waals surface area (Å²) in [6, 6.07) is 1.75. The maximum atomic E-state index is 4.36. The Hall–Kier alpha value is -0.420. The molecule has 0 spiro atoms. The van der Waals surface area contributed by atoms with Crippen molar-refractivity contribution in [1.82, 2.24) is 15.5 Å². The van der Waals surface area contributed by atoms with Crippen molar-refractivity contribution in [3.05, 3.63) is 0 Å². The van der Waals surface area contributed by atoms with Crippen molar-refractivity contribution in [3.63, 3.8) is 0 Å². The van der Waals surface area contributed by atoms with Gasteiger partial charge in [-0.2, -0.15) is 11.8 Å². The molecule has 4 nitrogen and oxygen atoms in total. The summed E-state index contributed by atoms with van der Waals surface area (Å²) in [5, 5.41) is 7.85. The van der Waals surface area contributed by atoms with E-state index in [1.165, 1.54) is 19.3 Å². The molecule has 0 amide bonds. The molecule has 2 unspecified atom stereocenters. The van der Waals surface area contributed by atoms with Crippen molar-refractivity contribution in [1.29, 1.82) is 0 Å². The van der Waals surface area contributed by atoms with E-state index in [4.69, 9.17) is 0 Å². The fourth-order valence-electron chi connectivity index (χ4n) is 3.09. The molecule has 2 atom stereocenters. The lowest BCUT2D eigenvalue weighted by molar-refractivity contribution is 0.178. The molecule has 1 saturated carbocycles. The van der Waals surface area contributed by atoms with Gasteiger partial charge in [0.25, 0.3) is 0 Å². The molecule has 0 aromatic rings. The molecule has 1 aliphatic rings. The van der Waals surface area contributed by atoms with Gasteiger partial charge in [0.2, 0.25) is 0 Å². The number of hydrogen-bond acceptors (Lipinski definition) is 3. The first-order valence-electron chi connectivity index (χ1n) is 8.23. The minimum absolute atomic E-state index is 0.582. The number of nitrogens with one attached hydrogen (secondary N) is 2. The molecule has 0 aromatic carbocycles. The van der Waals surface area contributed by atoms with Crippen LogP contribution in [-0.4, -0.2) is 60.6 Å². The van der Waals surface area contributed by atoms with Gasteiger partial charge in [-0.1, -0.05) is 0 Å². The van der Waals surface area contributed by atoms with E-state index in [1.54, 1.807) is 0 Å². The molecule has 0 aromatic heterocycles. The molecule has 1 rings (SSSR count). The number of hydrogen-bond donors (Lipinski definition) is 2. The first-order chi connectivity index (χ1) is 9.97. The van der Waals surface area contributed by atoms with Crippen LogP contribution in [0.2, 0.25) is 0 Å². The highest BCUT2D eigenvalue weighted by Crippen LogP contribution is 2.27. The zero-order chi connectivity index (χ0) is 15.8. The minimum atomic E-state index is 0.582. The van der Waals surface area contributed by atoms with Gasteiger partial charge in [-0.3, -0.25) is 9.89 Å². The smallest absolute Gasteiger partial charge is 0.191 e. The number of rotatable bonds is 7. The highest BCUT2D eigenvalue weighted by molar-refractivity contribution is 7.99. The summed E-state index contributed by atoms with van der Waals surface area (Å²) in [5.41, 5.74) is 0. The molecule has 1 fully saturated rings. The second-order valence-electron chi connectivity index (χ2n) is 6.44. The van der Waals surface area contributed by atoms with Crippen LogP contribution in [0.15, 0.2) is 4.99 Å². The average molecular weight is 315 g/mol. The van der Waals surface area contributed by atoms with Crippen LogP contribution in [0.25, 0.3) is 0 Å². The Labute approximate surface area is 135 Å². The van der Waals surface area contributed by atoms with Crippen molar-refractivity contribution >= 4 is 17.7 Å². The lowest BCUT2D eigenvalue weighted by atomic mass is 10.2.